The maximum atomic E-state index is 12.0. The molecule has 0 radical (unpaired) electrons. The Hall–Kier alpha value is -1.40. The molecule has 1 heterocycles. The molecular formula is C12H15F3N2O2. The smallest absolute Gasteiger partial charge is 0.339 e. The van der Waals surface area contributed by atoms with Crippen molar-refractivity contribution in [2.75, 3.05) is 0 Å². The lowest BCUT2D eigenvalue weighted by atomic mass is 9.86. The Morgan fingerprint density at radius 3 is 2.79 bits per heavy atom. The van der Waals surface area contributed by atoms with E-state index in [9.17, 15) is 18.0 Å². The first-order valence-electron chi connectivity index (χ1n) is 6.35. The van der Waals surface area contributed by atoms with Crippen LogP contribution in [0, 0.1) is 5.92 Å². The normalized spacial score (nSPS) is 20.8. The number of aromatic nitrogens is 2. The SMILES string of the molecule is O=C1CCCCC1Cc1nc(CCC(F)(F)F)no1. The molecular weight excluding hydrogens is 261 g/mol. The number of alkyl halides is 3. The lowest BCUT2D eigenvalue weighted by molar-refractivity contribution is -0.134. The van der Waals surface area contributed by atoms with Gasteiger partial charge in [0.05, 0.1) is 6.42 Å². The molecule has 1 unspecified atom stereocenters. The second-order valence-corrected chi connectivity index (χ2v) is 4.83. The van der Waals surface area contributed by atoms with Crippen molar-refractivity contribution in [2.24, 2.45) is 5.92 Å². The highest BCUT2D eigenvalue weighted by Gasteiger charge is 2.28. The van der Waals surface area contributed by atoms with E-state index in [1.165, 1.54) is 0 Å². The monoisotopic (exact) mass is 276 g/mol. The zero-order valence-electron chi connectivity index (χ0n) is 10.4. The summed E-state index contributed by atoms with van der Waals surface area (Å²) < 4.78 is 41.0. The minimum atomic E-state index is -4.22. The van der Waals surface area contributed by atoms with Crippen molar-refractivity contribution in [3.05, 3.63) is 11.7 Å². The number of aryl methyl sites for hydroxylation is 1. The Balaban J connectivity index is 1.88. The van der Waals surface area contributed by atoms with E-state index in [-0.39, 0.29) is 29.8 Å². The minimum Gasteiger partial charge on any atom is -0.339 e. The average Bonchev–Trinajstić information content (AvgIpc) is 2.77. The van der Waals surface area contributed by atoms with Crippen molar-refractivity contribution in [2.45, 2.75) is 51.1 Å². The highest BCUT2D eigenvalue weighted by molar-refractivity contribution is 5.81. The number of rotatable bonds is 4. The van der Waals surface area contributed by atoms with Gasteiger partial charge in [-0.25, -0.2) is 0 Å². The lowest BCUT2D eigenvalue weighted by Gasteiger charge is -2.18. The van der Waals surface area contributed by atoms with Crippen molar-refractivity contribution in [3.63, 3.8) is 0 Å². The van der Waals surface area contributed by atoms with E-state index in [4.69, 9.17) is 4.52 Å². The van der Waals surface area contributed by atoms with Crippen LogP contribution in [0.25, 0.3) is 0 Å². The van der Waals surface area contributed by atoms with Gasteiger partial charge in [-0.15, -0.1) is 0 Å². The topological polar surface area (TPSA) is 56.0 Å². The summed E-state index contributed by atoms with van der Waals surface area (Å²) in [6.07, 6.45) is -1.86. The van der Waals surface area contributed by atoms with Crippen LogP contribution >= 0.6 is 0 Å². The van der Waals surface area contributed by atoms with E-state index >= 15 is 0 Å². The summed E-state index contributed by atoms with van der Waals surface area (Å²) in [7, 11) is 0. The Bertz CT molecular complexity index is 442. The molecule has 2 rings (SSSR count). The van der Waals surface area contributed by atoms with Gasteiger partial charge < -0.3 is 4.52 Å². The van der Waals surface area contributed by atoms with Crippen LogP contribution in [0.15, 0.2) is 4.52 Å². The third-order valence-electron chi connectivity index (χ3n) is 3.24. The fourth-order valence-corrected chi connectivity index (χ4v) is 2.21. The van der Waals surface area contributed by atoms with Crippen LogP contribution in [0.4, 0.5) is 13.2 Å². The maximum absolute atomic E-state index is 12.0. The first-order valence-corrected chi connectivity index (χ1v) is 6.35. The lowest BCUT2D eigenvalue weighted by Crippen LogP contribution is -2.21. The van der Waals surface area contributed by atoms with Gasteiger partial charge >= 0.3 is 6.18 Å². The molecule has 1 aromatic heterocycles. The van der Waals surface area contributed by atoms with Crippen molar-refractivity contribution in [1.82, 2.24) is 10.1 Å². The number of carbonyl (C=O) groups excluding carboxylic acids is 1. The highest BCUT2D eigenvalue weighted by Crippen LogP contribution is 2.24. The summed E-state index contributed by atoms with van der Waals surface area (Å²) >= 11 is 0. The van der Waals surface area contributed by atoms with Crippen LogP contribution in [0.2, 0.25) is 0 Å². The van der Waals surface area contributed by atoms with Crippen molar-refractivity contribution >= 4 is 5.78 Å². The van der Waals surface area contributed by atoms with E-state index < -0.39 is 12.6 Å². The molecule has 1 fully saturated rings. The van der Waals surface area contributed by atoms with Gasteiger partial charge in [-0.1, -0.05) is 11.6 Å². The molecule has 1 aliphatic carbocycles. The summed E-state index contributed by atoms with van der Waals surface area (Å²) in [5.74, 6) is 0.374. The van der Waals surface area contributed by atoms with Gasteiger partial charge in [-0.3, -0.25) is 4.79 Å². The molecule has 1 atom stereocenters. The Kier molecular flexibility index (Phi) is 4.21. The Labute approximate surface area is 108 Å². The fraction of sp³-hybridized carbons (Fsp3) is 0.750. The highest BCUT2D eigenvalue weighted by atomic mass is 19.4. The van der Waals surface area contributed by atoms with Crippen molar-refractivity contribution in [1.29, 1.82) is 0 Å². The maximum Gasteiger partial charge on any atom is 0.389 e. The molecule has 0 bridgehead atoms. The molecule has 4 nitrogen and oxygen atoms in total. The van der Waals surface area contributed by atoms with Crippen LogP contribution in [-0.4, -0.2) is 22.1 Å². The van der Waals surface area contributed by atoms with Gasteiger partial charge in [0, 0.05) is 25.2 Å². The molecule has 7 heteroatoms. The first-order chi connectivity index (χ1) is 8.94. The van der Waals surface area contributed by atoms with Crippen molar-refractivity contribution < 1.29 is 22.5 Å². The molecule has 0 spiro atoms. The van der Waals surface area contributed by atoms with E-state index in [1.807, 2.05) is 0 Å². The molecule has 0 aromatic carbocycles. The summed E-state index contributed by atoms with van der Waals surface area (Å²) in [5.41, 5.74) is 0. The molecule has 19 heavy (non-hydrogen) atoms. The molecule has 1 aliphatic rings. The molecule has 1 saturated carbocycles. The van der Waals surface area contributed by atoms with Crippen LogP contribution in [0.5, 0.6) is 0 Å². The second-order valence-electron chi connectivity index (χ2n) is 4.83. The molecule has 0 N–H and O–H groups in total. The third kappa shape index (κ3) is 4.33. The number of hydrogen-bond acceptors (Lipinski definition) is 4. The zero-order valence-corrected chi connectivity index (χ0v) is 10.4. The molecule has 0 amide bonds. The van der Waals surface area contributed by atoms with E-state index in [0.717, 1.165) is 19.3 Å². The molecule has 0 saturated heterocycles. The van der Waals surface area contributed by atoms with Crippen molar-refractivity contribution in [3.8, 4) is 0 Å². The predicted molar refractivity (Wildman–Crippen MR) is 59.3 cm³/mol. The van der Waals surface area contributed by atoms with E-state index in [2.05, 4.69) is 10.1 Å². The summed E-state index contributed by atoms with van der Waals surface area (Å²) in [5, 5.41) is 3.51. The number of Topliss-reactive ketones (excluding diaryl/α,β-unsaturated/α-hetero) is 1. The number of halogens is 3. The van der Waals surface area contributed by atoms with Crippen LogP contribution in [-0.2, 0) is 17.6 Å². The van der Waals surface area contributed by atoms with Gasteiger partial charge in [0.15, 0.2) is 5.82 Å². The molecule has 0 aliphatic heterocycles. The third-order valence-corrected chi connectivity index (χ3v) is 3.24. The van der Waals surface area contributed by atoms with E-state index in [0.29, 0.717) is 12.8 Å². The summed E-state index contributed by atoms with van der Waals surface area (Å²) in [6.45, 7) is 0. The second kappa shape index (κ2) is 5.71. The quantitative estimate of drug-likeness (QED) is 0.848. The molecule has 1 aromatic rings. The largest absolute Gasteiger partial charge is 0.389 e. The Morgan fingerprint density at radius 2 is 2.11 bits per heavy atom. The number of nitrogens with zero attached hydrogens (tertiary/aromatic N) is 2. The number of carbonyl (C=O) groups is 1. The van der Waals surface area contributed by atoms with E-state index in [1.54, 1.807) is 0 Å². The number of hydrogen-bond donors (Lipinski definition) is 0. The van der Waals surface area contributed by atoms with Gasteiger partial charge in [-0.05, 0) is 12.8 Å². The average molecular weight is 276 g/mol. The van der Waals surface area contributed by atoms with Gasteiger partial charge in [0.2, 0.25) is 5.89 Å². The van der Waals surface area contributed by atoms with Gasteiger partial charge in [-0.2, -0.15) is 18.2 Å². The Morgan fingerprint density at radius 1 is 1.32 bits per heavy atom. The van der Waals surface area contributed by atoms with Gasteiger partial charge in [0.25, 0.3) is 0 Å². The van der Waals surface area contributed by atoms with Gasteiger partial charge in [0.1, 0.15) is 5.78 Å². The van der Waals surface area contributed by atoms with Crippen LogP contribution in [0.3, 0.4) is 0 Å². The minimum absolute atomic E-state index is 0.0515. The first kappa shape index (κ1) is 14.0. The standard InChI is InChI=1S/C12H15F3N2O2/c13-12(14,15)6-5-10-16-11(19-17-10)7-8-3-1-2-4-9(8)18/h8H,1-7H2. The zero-order chi connectivity index (χ0) is 13.9. The summed E-state index contributed by atoms with van der Waals surface area (Å²) in [4.78, 5) is 15.5. The fourth-order valence-electron chi connectivity index (χ4n) is 2.21. The summed E-state index contributed by atoms with van der Waals surface area (Å²) in [6, 6.07) is 0. The predicted octanol–water partition coefficient (Wildman–Crippen LogP) is 2.87. The number of ketones is 1. The molecule has 106 valence electrons. The van der Waals surface area contributed by atoms with Crippen LogP contribution in [0.1, 0.15) is 43.8 Å². The van der Waals surface area contributed by atoms with Crippen LogP contribution < -0.4 is 0 Å².